The number of ketones is 1. The fourth-order valence-corrected chi connectivity index (χ4v) is 3.88. The Morgan fingerprint density at radius 3 is 2.53 bits per heavy atom. The third-order valence-electron chi connectivity index (χ3n) is 5.35. The van der Waals surface area contributed by atoms with Crippen molar-refractivity contribution in [2.75, 3.05) is 18.7 Å². The number of nitrogen functional groups attached to an aromatic ring is 2. The molecule has 0 saturated heterocycles. The molecule has 0 radical (unpaired) electrons. The fraction of sp³-hybridized carbons (Fsp3) is 0.476. The van der Waals surface area contributed by atoms with Crippen LogP contribution in [0.15, 0.2) is 23.0 Å². The number of benzene rings is 1. The average molecular weight is 433 g/mol. The topological polar surface area (TPSA) is 114 Å². The third kappa shape index (κ3) is 4.21. The standard InChI is InChI=1S/C21H28N4O4S/c1-12(2)18(26)17-19(22)24(21(30)25(23)20(17)27)11-13-8-9-15(28-3)16(10-13)29-14-6-4-5-7-14/h8-10,12,14H,4-7,11,22-23H2,1-3H3. The second-order valence-corrected chi connectivity index (χ2v) is 8.20. The van der Waals surface area contributed by atoms with Crippen LogP contribution in [0.4, 0.5) is 5.82 Å². The van der Waals surface area contributed by atoms with Crippen molar-refractivity contribution in [1.82, 2.24) is 9.24 Å². The Hall–Kier alpha value is -2.81. The lowest BCUT2D eigenvalue weighted by atomic mass is 10.0. The van der Waals surface area contributed by atoms with Crippen molar-refractivity contribution in [3.63, 3.8) is 0 Å². The SMILES string of the molecule is COc1ccc(Cn2c(N)c(C(=O)C(C)C)c(=O)n(N)c2=S)cc1OC1CCCC1. The van der Waals surface area contributed by atoms with Gasteiger partial charge < -0.3 is 21.1 Å². The van der Waals surface area contributed by atoms with Gasteiger partial charge >= 0.3 is 0 Å². The molecular weight excluding hydrogens is 404 g/mol. The van der Waals surface area contributed by atoms with Crippen molar-refractivity contribution in [2.45, 2.75) is 52.2 Å². The monoisotopic (exact) mass is 432 g/mol. The molecule has 1 heterocycles. The first-order chi connectivity index (χ1) is 14.2. The van der Waals surface area contributed by atoms with Crippen LogP contribution in [0.5, 0.6) is 11.5 Å². The molecule has 4 N–H and O–H groups in total. The van der Waals surface area contributed by atoms with E-state index < -0.39 is 11.5 Å². The zero-order valence-corrected chi connectivity index (χ0v) is 18.3. The summed E-state index contributed by atoms with van der Waals surface area (Å²) in [6.07, 6.45) is 4.52. The number of rotatable bonds is 7. The predicted molar refractivity (Wildman–Crippen MR) is 118 cm³/mol. The van der Waals surface area contributed by atoms with Gasteiger partial charge in [-0.2, -0.15) is 4.68 Å². The Morgan fingerprint density at radius 1 is 1.27 bits per heavy atom. The average Bonchev–Trinajstić information content (AvgIpc) is 3.23. The van der Waals surface area contributed by atoms with Gasteiger partial charge in [0, 0.05) is 5.92 Å². The number of carbonyl (C=O) groups excluding carboxylic acids is 1. The van der Waals surface area contributed by atoms with E-state index in [1.165, 1.54) is 4.57 Å². The second-order valence-electron chi connectivity index (χ2n) is 7.83. The number of methoxy groups -OCH3 is 1. The molecule has 1 aromatic heterocycles. The highest BCUT2D eigenvalue weighted by Gasteiger charge is 2.23. The molecule has 0 spiro atoms. The summed E-state index contributed by atoms with van der Waals surface area (Å²) in [7, 11) is 1.60. The first-order valence-corrected chi connectivity index (χ1v) is 10.4. The van der Waals surface area contributed by atoms with E-state index in [0.717, 1.165) is 35.9 Å². The summed E-state index contributed by atoms with van der Waals surface area (Å²) in [6.45, 7) is 3.62. The molecule has 3 rings (SSSR count). The molecule has 0 amide bonds. The first kappa shape index (κ1) is 21.9. The first-order valence-electron chi connectivity index (χ1n) is 10.0. The summed E-state index contributed by atoms with van der Waals surface area (Å²) in [6, 6.07) is 5.55. The van der Waals surface area contributed by atoms with Gasteiger partial charge in [0.05, 0.1) is 19.8 Å². The summed E-state index contributed by atoms with van der Waals surface area (Å²) in [5, 5.41) is 0. The molecule has 1 aliphatic rings. The highest BCUT2D eigenvalue weighted by atomic mass is 32.1. The highest BCUT2D eigenvalue weighted by molar-refractivity contribution is 7.71. The number of ether oxygens (including phenoxy) is 2. The van der Waals surface area contributed by atoms with Gasteiger partial charge in [-0.15, -0.1) is 0 Å². The molecule has 0 atom stereocenters. The minimum Gasteiger partial charge on any atom is -0.493 e. The summed E-state index contributed by atoms with van der Waals surface area (Å²) >= 11 is 5.33. The molecule has 0 aliphatic heterocycles. The smallest absolute Gasteiger partial charge is 0.285 e. The lowest BCUT2D eigenvalue weighted by Gasteiger charge is -2.19. The van der Waals surface area contributed by atoms with Crippen LogP contribution in [0.3, 0.4) is 0 Å². The third-order valence-corrected chi connectivity index (χ3v) is 5.77. The number of carbonyl (C=O) groups is 1. The summed E-state index contributed by atoms with van der Waals surface area (Å²) < 4.78 is 13.9. The second kappa shape index (κ2) is 8.91. The van der Waals surface area contributed by atoms with Gasteiger partial charge in [-0.1, -0.05) is 19.9 Å². The molecule has 1 aromatic carbocycles. The van der Waals surface area contributed by atoms with Crippen molar-refractivity contribution in [3.05, 3.63) is 44.5 Å². The van der Waals surface area contributed by atoms with E-state index in [1.54, 1.807) is 21.0 Å². The van der Waals surface area contributed by atoms with Crippen molar-refractivity contribution >= 4 is 23.8 Å². The normalized spacial score (nSPS) is 14.3. The zero-order chi connectivity index (χ0) is 22.0. The van der Waals surface area contributed by atoms with E-state index in [9.17, 15) is 9.59 Å². The van der Waals surface area contributed by atoms with E-state index in [1.807, 2.05) is 18.2 Å². The molecule has 1 fully saturated rings. The molecule has 0 unspecified atom stereocenters. The van der Waals surface area contributed by atoms with Crippen LogP contribution in [0.1, 0.15) is 55.5 Å². The lowest BCUT2D eigenvalue weighted by Crippen LogP contribution is -2.38. The van der Waals surface area contributed by atoms with Crippen LogP contribution < -0.4 is 26.6 Å². The number of hydrogen-bond acceptors (Lipinski definition) is 7. The van der Waals surface area contributed by atoms with E-state index in [0.29, 0.717) is 11.5 Å². The summed E-state index contributed by atoms with van der Waals surface area (Å²) in [5.74, 6) is 6.37. The largest absolute Gasteiger partial charge is 0.493 e. The summed E-state index contributed by atoms with van der Waals surface area (Å²) in [4.78, 5) is 25.1. The van der Waals surface area contributed by atoms with E-state index >= 15 is 0 Å². The predicted octanol–water partition coefficient (Wildman–Crippen LogP) is 2.89. The van der Waals surface area contributed by atoms with Gasteiger partial charge in [-0.05, 0) is 55.6 Å². The molecule has 9 heteroatoms. The van der Waals surface area contributed by atoms with Crippen LogP contribution >= 0.6 is 12.2 Å². The Kier molecular flexibility index (Phi) is 6.50. The molecule has 8 nitrogen and oxygen atoms in total. The van der Waals surface area contributed by atoms with Gasteiger partial charge in [0.2, 0.25) is 4.77 Å². The number of anilines is 1. The van der Waals surface area contributed by atoms with E-state index in [2.05, 4.69) is 0 Å². The van der Waals surface area contributed by atoms with Crippen LogP contribution in [0.2, 0.25) is 0 Å². The molecule has 1 saturated carbocycles. The highest BCUT2D eigenvalue weighted by Crippen LogP contribution is 2.33. The number of nitrogens with zero attached hydrogens (tertiary/aromatic N) is 2. The number of aromatic nitrogens is 2. The number of nitrogens with two attached hydrogens (primary N) is 2. The maximum absolute atomic E-state index is 12.6. The maximum Gasteiger partial charge on any atom is 0.285 e. The van der Waals surface area contributed by atoms with Gasteiger partial charge in [0.1, 0.15) is 11.4 Å². The molecule has 2 aromatic rings. The van der Waals surface area contributed by atoms with Gasteiger partial charge in [-0.25, -0.2) is 0 Å². The Balaban J connectivity index is 2.02. The zero-order valence-electron chi connectivity index (χ0n) is 17.5. The quantitative estimate of drug-likeness (QED) is 0.393. The fourth-order valence-electron chi connectivity index (χ4n) is 3.64. The van der Waals surface area contributed by atoms with E-state index in [-0.39, 0.29) is 34.6 Å². The van der Waals surface area contributed by atoms with Crippen molar-refractivity contribution in [1.29, 1.82) is 0 Å². The number of hydrogen-bond donors (Lipinski definition) is 2. The molecule has 0 bridgehead atoms. The van der Waals surface area contributed by atoms with Gasteiger partial charge in [0.15, 0.2) is 17.3 Å². The molecule has 162 valence electrons. The molecular formula is C21H28N4O4S. The minimum atomic E-state index is -0.688. The van der Waals surface area contributed by atoms with Crippen molar-refractivity contribution in [2.24, 2.45) is 5.92 Å². The van der Waals surface area contributed by atoms with E-state index in [4.69, 9.17) is 33.3 Å². The Labute approximate surface area is 180 Å². The Morgan fingerprint density at radius 2 is 1.93 bits per heavy atom. The lowest BCUT2D eigenvalue weighted by molar-refractivity contribution is 0.0937. The maximum atomic E-state index is 12.6. The Bertz CT molecular complexity index is 1070. The summed E-state index contributed by atoms with van der Waals surface area (Å²) in [5.41, 5.74) is 6.22. The van der Waals surface area contributed by atoms with Crippen molar-refractivity contribution < 1.29 is 14.3 Å². The van der Waals surface area contributed by atoms with Gasteiger partial charge in [0.25, 0.3) is 5.56 Å². The molecule has 1 aliphatic carbocycles. The van der Waals surface area contributed by atoms with Crippen molar-refractivity contribution in [3.8, 4) is 11.5 Å². The van der Waals surface area contributed by atoms with Gasteiger partial charge in [-0.3, -0.25) is 14.2 Å². The minimum absolute atomic E-state index is 0.0134. The number of Topliss-reactive ketones (excluding diaryl/α,β-unsaturated/α-hetero) is 1. The molecule has 30 heavy (non-hydrogen) atoms. The van der Waals surface area contributed by atoms with Crippen LogP contribution in [-0.2, 0) is 6.54 Å². The van der Waals surface area contributed by atoms with Crippen LogP contribution in [0, 0.1) is 10.7 Å². The van der Waals surface area contributed by atoms with Crippen LogP contribution in [0.25, 0.3) is 0 Å². The van der Waals surface area contributed by atoms with Crippen LogP contribution in [-0.4, -0.2) is 28.2 Å².